The summed E-state index contributed by atoms with van der Waals surface area (Å²) in [6.07, 6.45) is 0. The number of nitrogens with two attached hydrogens (primary N) is 2. The first kappa shape index (κ1) is 15.0. The van der Waals surface area contributed by atoms with E-state index in [0.717, 1.165) is 21.6 Å². The van der Waals surface area contributed by atoms with Crippen molar-refractivity contribution in [2.45, 2.75) is 0 Å². The first-order valence-electron chi connectivity index (χ1n) is 2.22. The average molecular weight is 286 g/mol. The van der Waals surface area contributed by atoms with Crippen molar-refractivity contribution in [2.24, 2.45) is 10.3 Å². The standard InChI is InChI=1S/C2H8N2O2S4.Zn/c3-9(5)7-1-2-8-10(4)6;/h1-4H2;. The monoisotopic (exact) mass is 284 g/mol. The summed E-state index contributed by atoms with van der Waals surface area (Å²) in [5.41, 5.74) is 0. The van der Waals surface area contributed by atoms with Crippen LogP contribution < -0.4 is 10.3 Å². The molecule has 0 aromatic heterocycles. The molecule has 0 heterocycles. The molecule has 0 aliphatic rings. The Morgan fingerprint density at radius 2 is 1.27 bits per heavy atom. The Morgan fingerprint density at radius 1 is 1.00 bits per heavy atom. The maximum atomic E-state index is 10.2. The summed E-state index contributed by atoms with van der Waals surface area (Å²) < 4.78 is 20.4. The van der Waals surface area contributed by atoms with Crippen LogP contribution in [0.15, 0.2) is 0 Å². The molecule has 0 saturated carbocycles. The van der Waals surface area contributed by atoms with Gasteiger partial charge in [0.2, 0.25) is 0 Å². The smallest absolute Gasteiger partial charge is 0.150 e. The first-order valence-corrected chi connectivity index (χ1v) is 7.65. The molecule has 0 saturated heterocycles. The molecule has 0 radical (unpaired) electrons. The van der Waals surface area contributed by atoms with E-state index in [2.05, 4.69) is 0 Å². The van der Waals surface area contributed by atoms with E-state index >= 15 is 0 Å². The molecule has 0 fully saturated rings. The van der Waals surface area contributed by atoms with E-state index in [9.17, 15) is 8.42 Å². The zero-order chi connectivity index (χ0) is 7.98. The third kappa shape index (κ3) is 14.4. The van der Waals surface area contributed by atoms with Crippen LogP contribution in [0.1, 0.15) is 0 Å². The van der Waals surface area contributed by atoms with Gasteiger partial charge in [-0.3, -0.25) is 0 Å². The molecule has 0 rings (SSSR count). The van der Waals surface area contributed by atoms with E-state index in [1.54, 1.807) is 0 Å². The van der Waals surface area contributed by atoms with Gasteiger partial charge in [-0.05, 0) is 21.6 Å². The molecular weight excluding hydrogens is 278 g/mol. The molecule has 0 aliphatic heterocycles. The second-order valence-corrected chi connectivity index (χ2v) is 6.88. The fourth-order valence-corrected chi connectivity index (χ4v) is 3.32. The van der Waals surface area contributed by atoms with Crippen molar-refractivity contribution in [1.29, 1.82) is 0 Å². The van der Waals surface area contributed by atoms with E-state index in [-0.39, 0.29) is 19.5 Å². The maximum absolute atomic E-state index is 10.2. The van der Waals surface area contributed by atoms with Gasteiger partial charge in [-0.2, -0.15) is 0 Å². The molecule has 0 aromatic carbocycles. The molecule has 0 amide bonds. The van der Waals surface area contributed by atoms with Gasteiger partial charge in [0.1, 0.15) is 0 Å². The number of hydrogen-bond donors (Lipinski definition) is 2. The molecule has 0 aromatic rings. The van der Waals surface area contributed by atoms with Crippen molar-refractivity contribution in [3.05, 3.63) is 0 Å². The Balaban J connectivity index is 0. The van der Waals surface area contributed by atoms with Gasteiger partial charge in [0.15, 0.2) is 20.0 Å². The Morgan fingerprint density at radius 3 is 1.45 bits per heavy atom. The van der Waals surface area contributed by atoms with Crippen LogP contribution in [0.25, 0.3) is 0 Å². The minimum Gasteiger partial charge on any atom is -0.243 e. The minimum atomic E-state index is -1.32. The second kappa shape index (κ2) is 9.63. The topological polar surface area (TPSA) is 86.2 Å². The Hall–Kier alpha value is 1.54. The summed E-state index contributed by atoms with van der Waals surface area (Å²) in [4.78, 5) is 0. The van der Waals surface area contributed by atoms with Gasteiger partial charge in [0.05, 0.1) is 0 Å². The van der Waals surface area contributed by atoms with Crippen molar-refractivity contribution < 1.29 is 27.9 Å². The predicted molar refractivity (Wildman–Crippen MR) is 49.6 cm³/mol. The molecule has 2 atom stereocenters. The molecule has 9 heteroatoms. The van der Waals surface area contributed by atoms with Crippen molar-refractivity contribution in [3.63, 3.8) is 0 Å². The first-order chi connectivity index (χ1) is 4.63. The van der Waals surface area contributed by atoms with E-state index in [1.807, 2.05) is 0 Å². The zero-order valence-electron chi connectivity index (χ0n) is 5.73. The summed E-state index contributed by atoms with van der Waals surface area (Å²) in [5.74, 6) is 1.22. The Labute approximate surface area is 90.7 Å². The van der Waals surface area contributed by atoms with Gasteiger partial charge in [-0.1, -0.05) is 0 Å². The van der Waals surface area contributed by atoms with Crippen molar-refractivity contribution in [3.8, 4) is 0 Å². The van der Waals surface area contributed by atoms with Crippen molar-refractivity contribution in [2.75, 3.05) is 11.5 Å². The quantitative estimate of drug-likeness (QED) is 0.406. The second-order valence-electron chi connectivity index (χ2n) is 1.16. The molecule has 64 valence electrons. The molecule has 2 unspecified atom stereocenters. The van der Waals surface area contributed by atoms with Crippen LogP contribution in [-0.4, -0.2) is 19.9 Å². The molecule has 11 heavy (non-hydrogen) atoms. The normalized spacial score (nSPS) is 15.1. The predicted octanol–water partition coefficient (Wildman–Crippen LogP) is -0.475. The van der Waals surface area contributed by atoms with Gasteiger partial charge in [0.25, 0.3) is 0 Å². The Bertz CT molecular complexity index is 128. The number of hydrogen-bond acceptors (Lipinski definition) is 4. The minimum absolute atomic E-state index is 0. The number of rotatable bonds is 5. The summed E-state index contributed by atoms with van der Waals surface area (Å²) >= 11 is 0. The molecular formula is C2H8N2O2S4Zn. The van der Waals surface area contributed by atoms with E-state index in [4.69, 9.17) is 10.3 Å². The molecule has 4 N–H and O–H groups in total. The van der Waals surface area contributed by atoms with E-state index in [0.29, 0.717) is 11.5 Å². The van der Waals surface area contributed by atoms with Crippen LogP contribution >= 0.6 is 21.6 Å². The summed E-state index contributed by atoms with van der Waals surface area (Å²) in [6.45, 7) is 0. The molecule has 0 bridgehead atoms. The van der Waals surface area contributed by atoms with Gasteiger partial charge in [-0.15, -0.1) is 0 Å². The van der Waals surface area contributed by atoms with Gasteiger partial charge in [0, 0.05) is 31.0 Å². The Kier molecular flexibility index (Phi) is 13.2. The van der Waals surface area contributed by atoms with Gasteiger partial charge in [-0.25, -0.2) is 18.7 Å². The summed E-state index contributed by atoms with van der Waals surface area (Å²) in [5, 5.41) is 9.86. The van der Waals surface area contributed by atoms with Crippen LogP contribution in [0.4, 0.5) is 0 Å². The fourth-order valence-electron chi connectivity index (χ4n) is 0.232. The molecule has 0 aliphatic carbocycles. The maximum Gasteiger partial charge on any atom is 0.150 e. The summed E-state index contributed by atoms with van der Waals surface area (Å²) in [6, 6.07) is 0. The van der Waals surface area contributed by atoms with Gasteiger partial charge < -0.3 is 0 Å². The van der Waals surface area contributed by atoms with Gasteiger partial charge >= 0.3 is 0 Å². The van der Waals surface area contributed by atoms with Crippen LogP contribution in [0, 0.1) is 0 Å². The fraction of sp³-hybridized carbons (Fsp3) is 1.00. The van der Waals surface area contributed by atoms with Crippen LogP contribution in [0.3, 0.4) is 0 Å². The van der Waals surface area contributed by atoms with Crippen LogP contribution in [0.5, 0.6) is 0 Å². The average Bonchev–Trinajstić information content (AvgIpc) is 1.79. The molecule has 0 spiro atoms. The van der Waals surface area contributed by atoms with E-state index < -0.39 is 20.0 Å². The summed E-state index contributed by atoms with van der Waals surface area (Å²) in [7, 11) is -0.409. The molecule has 4 nitrogen and oxygen atoms in total. The third-order valence-corrected chi connectivity index (χ3v) is 4.34. The third-order valence-electron chi connectivity index (χ3n) is 0.482. The van der Waals surface area contributed by atoms with Crippen LogP contribution in [-0.2, 0) is 39.5 Å². The van der Waals surface area contributed by atoms with Crippen molar-refractivity contribution in [1.82, 2.24) is 0 Å². The zero-order valence-corrected chi connectivity index (χ0v) is 12.0. The van der Waals surface area contributed by atoms with Crippen molar-refractivity contribution >= 4 is 41.6 Å². The van der Waals surface area contributed by atoms with E-state index in [1.165, 1.54) is 0 Å². The SMILES string of the molecule is NS(=O)SCCSS(N)=O.[Zn]. The largest absolute Gasteiger partial charge is 0.243 e. The van der Waals surface area contributed by atoms with Crippen LogP contribution in [0.2, 0.25) is 0 Å².